The molecule has 2 aromatic rings. The largest absolute Gasteiger partial charge is 0.416 e. The third-order valence-electron chi connectivity index (χ3n) is 3.95. The van der Waals surface area contributed by atoms with E-state index in [1.807, 2.05) is 27.7 Å². The average Bonchev–Trinajstić information content (AvgIpc) is 2.95. The summed E-state index contributed by atoms with van der Waals surface area (Å²) in [6, 6.07) is 8.42. The molecular weight excluding hydrogens is 335 g/mol. The topological polar surface area (TPSA) is 29.1 Å². The van der Waals surface area contributed by atoms with Crippen molar-refractivity contribution in [2.75, 3.05) is 0 Å². The maximum atomic E-state index is 12.8. The van der Waals surface area contributed by atoms with E-state index in [1.54, 1.807) is 18.2 Å². The molecule has 2 nitrogen and oxygen atoms in total. The van der Waals surface area contributed by atoms with Gasteiger partial charge in [-0.25, -0.2) is 0 Å². The van der Waals surface area contributed by atoms with E-state index in [0.717, 1.165) is 12.1 Å². The molecule has 0 aliphatic rings. The summed E-state index contributed by atoms with van der Waals surface area (Å²) in [4.78, 5) is 13.4. The molecule has 0 radical (unpaired) electrons. The molecule has 1 aromatic heterocycles. The molecule has 1 aromatic carbocycles. The first-order valence-electron chi connectivity index (χ1n) is 7.57. The van der Waals surface area contributed by atoms with E-state index in [1.165, 1.54) is 17.4 Å². The minimum absolute atomic E-state index is 0.0240. The van der Waals surface area contributed by atoms with Gasteiger partial charge in [-0.05, 0) is 42.2 Å². The Hall–Kier alpha value is -1.82. The van der Waals surface area contributed by atoms with Crippen LogP contribution in [0.4, 0.5) is 13.2 Å². The molecule has 1 heterocycles. The van der Waals surface area contributed by atoms with Gasteiger partial charge in [0, 0.05) is 10.9 Å². The second-order valence-electron chi connectivity index (χ2n) is 6.80. The van der Waals surface area contributed by atoms with Crippen molar-refractivity contribution in [3.63, 3.8) is 0 Å². The molecule has 1 unspecified atom stereocenters. The van der Waals surface area contributed by atoms with Gasteiger partial charge in [0.25, 0.3) is 5.91 Å². The van der Waals surface area contributed by atoms with E-state index in [4.69, 9.17) is 0 Å². The monoisotopic (exact) mass is 355 g/mol. The van der Waals surface area contributed by atoms with Crippen LogP contribution in [0.1, 0.15) is 42.9 Å². The fourth-order valence-corrected chi connectivity index (χ4v) is 2.85. The highest BCUT2D eigenvalue weighted by Crippen LogP contribution is 2.34. The van der Waals surface area contributed by atoms with Gasteiger partial charge in [0.2, 0.25) is 0 Å². The summed E-state index contributed by atoms with van der Waals surface area (Å²) in [5, 5.41) is 2.93. The van der Waals surface area contributed by atoms with E-state index in [2.05, 4.69) is 5.32 Å². The number of thiophene rings is 1. The highest BCUT2D eigenvalue weighted by molar-refractivity contribution is 7.17. The Kier molecular flexibility index (Phi) is 5.08. The Balaban J connectivity index is 2.21. The molecule has 1 atom stereocenters. The van der Waals surface area contributed by atoms with Crippen LogP contribution in [-0.4, -0.2) is 11.9 Å². The van der Waals surface area contributed by atoms with Crippen molar-refractivity contribution in [3.8, 4) is 10.4 Å². The number of nitrogens with one attached hydrogen (secondary N) is 1. The van der Waals surface area contributed by atoms with Gasteiger partial charge < -0.3 is 5.32 Å². The number of carbonyl (C=O) groups is 1. The molecule has 2 rings (SSSR count). The number of rotatable bonds is 3. The molecule has 0 spiro atoms. The number of carbonyl (C=O) groups excluding carboxylic acids is 1. The molecule has 24 heavy (non-hydrogen) atoms. The molecule has 1 amide bonds. The summed E-state index contributed by atoms with van der Waals surface area (Å²) >= 11 is 1.19. The predicted octanol–water partition coefficient (Wildman–Crippen LogP) is 5.60. The maximum Gasteiger partial charge on any atom is 0.416 e. The van der Waals surface area contributed by atoms with Crippen molar-refractivity contribution in [1.29, 1.82) is 0 Å². The lowest BCUT2D eigenvalue weighted by atomic mass is 9.88. The fourth-order valence-electron chi connectivity index (χ4n) is 1.95. The van der Waals surface area contributed by atoms with Gasteiger partial charge in [-0.3, -0.25) is 4.79 Å². The minimum Gasteiger partial charge on any atom is -0.348 e. The molecule has 0 saturated carbocycles. The first-order chi connectivity index (χ1) is 11.0. The smallest absolute Gasteiger partial charge is 0.348 e. The molecule has 6 heteroatoms. The number of benzene rings is 1. The zero-order valence-electron chi connectivity index (χ0n) is 14.0. The predicted molar refractivity (Wildman–Crippen MR) is 91.1 cm³/mol. The van der Waals surface area contributed by atoms with Gasteiger partial charge in [-0.2, -0.15) is 13.2 Å². The highest BCUT2D eigenvalue weighted by Gasteiger charge is 2.30. The molecule has 0 aliphatic heterocycles. The normalized spacial score (nSPS) is 13.6. The number of amides is 1. The fraction of sp³-hybridized carbons (Fsp3) is 0.389. The quantitative estimate of drug-likeness (QED) is 0.763. The number of halogens is 3. The Morgan fingerprint density at radius 1 is 1.12 bits per heavy atom. The van der Waals surface area contributed by atoms with Crippen LogP contribution in [0.15, 0.2) is 36.4 Å². The van der Waals surface area contributed by atoms with E-state index >= 15 is 0 Å². The lowest BCUT2D eigenvalue weighted by Gasteiger charge is -2.27. The van der Waals surface area contributed by atoms with Crippen molar-refractivity contribution in [2.24, 2.45) is 5.41 Å². The zero-order chi connectivity index (χ0) is 18.1. The van der Waals surface area contributed by atoms with Gasteiger partial charge in [0.05, 0.1) is 10.4 Å². The number of alkyl halides is 3. The van der Waals surface area contributed by atoms with Gasteiger partial charge >= 0.3 is 6.18 Å². The first-order valence-corrected chi connectivity index (χ1v) is 8.38. The Labute approximate surface area is 143 Å². The Morgan fingerprint density at radius 3 is 2.38 bits per heavy atom. The summed E-state index contributed by atoms with van der Waals surface area (Å²) in [6.45, 7) is 8.01. The van der Waals surface area contributed by atoms with E-state index in [0.29, 0.717) is 15.3 Å². The summed E-state index contributed by atoms with van der Waals surface area (Å²) in [6.07, 6.45) is -4.38. The summed E-state index contributed by atoms with van der Waals surface area (Å²) in [7, 11) is 0. The standard InChI is InChI=1S/C18H20F3NOS/c1-11(17(2,3)4)22-16(23)15-9-8-14(24-15)12-6-5-7-13(10-12)18(19,20)21/h5-11H,1-4H3,(H,22,23). The van der Waals surface area contributed by atoms with Crippen LogP contribution >= 0.6 is 11.3 Å². The van der Waals surface area contributed by atoms with Crippen LogP contribution in [0.3, 0.4) is 0 Å². The van der Waals surface area contributed by atoms with Crippen LogP contribution in [0, 0.1) is 5.41 Å². The van der Waals surface area contributed by atoms with E-state index in [9.17, 15) is 18.0 Å². The number of hydrogen-bond acceptors (Lipinski definition) is 2. The summed E-state index contributed by atoms with van der Waals surface area (Å²) in [5.41, 5.74) is -0.310. The summed E-state index contributed by atoms with van der Waals surface area (Å²) < 4.78 is 38.4. The van der Waals surface area contributed by atoms with Gasteiger partial charge in [0.1, 0.15) is 0 Å². The molecule has 0 fully saturated rings. The molecular formula is C18H20F3NOS. The molecule has 0 aliphatic carbocycles. The second-order valence-corrected chi connectivity index (χ2v) is 7.89. The third kappa shape index (κ3) is 4.38. The van der Waals surface area contributed by atoms with Crippen LogP contribution in [-0.2, 0) is 6.18 Å². The van der Waals surface area contributed by atoms with Crippen molar-refractivity contribution in [1.82, 2.24) is 5.32 Å². The van der Waals surface area contributed by atoms with Crippen LogP contribution < -0.4 is 5.32 Å². The van der Waals surface area contributed by atoms with Crippen molar-refractivity contribution >= 4 is 17.2 Å². The Morgan fingerprint density at radius 2 is 1.79 bits per heavy atom. The van der Waals surface area contributed by atoms with Crippen molar-refractivity contribution in [2.45, 2.75) is 39.9 Å². The van der Waals surface area contributed by atoms with Gasteiger partial charge in [-0.15, -0.1) is 11.3 Å². The van der Waals surface area contributed by atoms with Crippen molar-refractivity contribution in [3.05, 3.63) is 46.8 Å². The van der Waals surface area contributed by atoms with Crippen LogP contribution in [0.25, 0.3) is 10.4 Å². The van der Waals surface area contributed by atoms with Crippen molar-refractivity contribution < 1.29 is 18.0 Å². The molecule has 1 N–H and O–H groups in total. The lowest BCUT2D eigenvalue weighted by molar-refractivity contribution is -0.137. The maximum absolute atomic E-state index is 12.8. The average molecular weight is 355 g/mol. The third-order valence-corrected chi connectivity index (χ3v) is 5.08. The van der Waals surface area contributed by atoms with E-state index < -0.39 is 11.7 Å². The van der Waals surface area contributed by atoms with Crippen LogP contribution in [0.5, 0.6) is 0 Å². The van der Waals surface area contributed by atoms with Gasteiger partial charge in [-0.1, -0.05) is 32.9 Å². The first kappa shape index (κ1) is 18.5. The molecule has 0 saturated heterocycles. The minimum atomic E-state index is -4.38. The molecule has 130 valence electrons. The SMILES string of the molecule is CC(NC(=O)c1ccc(-c2cccc(C(F)(F)F)c2)s1)C(C)(C)C. The zero-order valence-corrected chi connectivity index (χ0v) is 14.8. The Bertz CT molecular complexity index is 728. The molecule has 0 bridgehead atoms. The van der Waals surface area contributed by atoms with Gasteiger partial charge in [0.15, 0.2) is 0 Å². The second kappa shape index (κ2) is 6.59. The van der Waals surface area contributed by atoms with Crippen LogP contribution in [0.2, 0.25) is 0 Å². The summed E-state index contributed by atoms with van der Waals surface area (Å²) in [5.74, 6) is -0.208. The number of hydrogen-bond donors (Lipinski definition) is 1. The van der Waals surface area contributed by atoms with E-state index in [-0.39, 0.29) is 17.4 Å². The highest BCUT2D eigenvalue weighted by atomic mass is 32.1. The lowest BCUT2D eigenvalue weighted by Crippen LogP contribution is -2.41.